The van der Waals surface area contributed by atoms with Crippen LogP contribution in [0.25, 0.3) is 11.0 Å². The molecule has 0 bridgehead atoms. The standard InChI is InChI=1S/C20H19F3N2O3/c1-19(2)9-12(8-13(26)10-19)25(3)24-11-15-17(27)14-6-4-5-7-16(14)28-18(15)20(21,22)23/h4-8,11H,9-10H2,1-3H3/b24-11+. The zero-order chi connectivity index (χ0) is 20.7. The van der Waals surface area contributed by atoms with Crippen LogP contribution in [0.1, 0.15) is 38.0 Å². The predicted octanol–water partition coefficient (Wildman–Crippen LogP) is 4.35. The highest BCUT2D eigenvalue weighted by atomic mass is 19.4. The van der Waals surface area contributed by atoms with E-state index in [1.54, 1.807) is 6.07 Å². The quantitative estimate of drug-likeness (QED) is 0.576. The van der Waals surface area contributed by atoms with Crippen LogP contribution in [0.2, 0.25) is 0 Å². The molecule has 0 fully saturated rings. The van der Waals surface area contributed by atoms with Gasteiger partial charge in [-0.15, -0.1) is 0 Å². The lowest BCUT2D eigenvalue weighted by Gasteiger charge is -2.31. The molecule has 0 saturated carbocycles. The highest BCUT2D eigenvalue weighted by molar-refractivity contribution is 5.92. The summed E-state index contributed by atoms with van der Waals surface area (Å²) in [5.41, 5.74) is -1.35. The highest BCUT2D eigenvalue weighted by Gasteiger charge is 2.38. The second kappa shape index (κ2) is 6.92. The zero-order valence-electron chi connectivity index (χ0n) is 15.6. The average molecular weight is 392 g/mol. The molecule has 1 aliphatic rings. The van der Waals surface area contributed by atoms with Crippen LogP contribution >= 0.6 is 0 Å². The maximum absolute atomic E-state index is 13.4. The topological polar surface area (TPSA) is 62.9 Å². The summed E-state index contributed by atoms with van der Waals surface area (Å²) in [6, 6.07) is 5.73. The van der Waals surface area contributed by atoms with Gasteiger partial charge in [-0.2, -0.15) is 18.3 Å². The van der Waals surface area contributed by atoms with Crippen molar-refractivity contribution in [2.24, 2.45) is 10.5 Å². The predicted molar refractivity (Wildman–Crippen MR) is 98.9 cm³/mol. The molecule has 8 heteroatoms. The van der Waals surface area contributed by atoms with Crippen molar-refractivity contribution in [3.8, 4) is 0 Å². The van der Waals surface area contributed by atoms with Gasteiger partial charge in [0.1, 0.15) is 5.58 Å². The number of alkyl halides is 3. The maximum atomic E-state index is 13.4. The second-order valence-corrected chi connectivity index (χ2v) is 7.56. The third-order valence-corrected chi connectivity index (χ3v) is 4.51. The van der Waals surface area contributed by atoms with Crippen LogP contribution in [0.4, 0.5) is 13.2 Å². The van der Waals surface area contributed by atoms with Crippen molar-refractivity contribution in [1.29, 1.82) is 0 Å². The molecule has 1 aliphatic carbocycles. The van der Waals surface area contributed by atoms with Gasteiger partial charge in [0, 0.05) is 25.2 Å². The zero-order valence-corrected chi connectivity index (χ0v) is 15.6. The van der Waals surface area contributed by atoms with Crippen molar-refractivity contribution in [2.45, 2.75) is 32.9 Å². The minimum atomic E-state index is -4.86. The number of para-hydroxylation sites is 1. The van der Waals surface area contributed by atoms with Gasteiger partial charge >= 0.3 is 6.18 Å². The van der Waals surface area contributed by atoms with E-state index in [-0.39, 0.29) is 22.2 Å². The molecule has 0 atom stereocenters. The summed E-state index contributed by atoms with van der Waals surface area (Å²) in [6.45, 7) is 3.85. The first-order chi connectivity index (χ1) is 13.0. The van der Waals surface area contributed by atoms with Crippen LogP contribution in [-0.4, -0.2) is 24.1 Å². The number of carbonyl (C=O) groups excluding carboxylic acids is 1. The third-order valence-electron chi connectivity index (χ3n) is 4.51. The molecule has 1 heterocycles. The molecule has 3 rings (SSSR count). The minimum Gasteiger partial charge on any atom is -0.451 e. The van der Waals surface area contributed by atoms with Gasteiger partial charge in [0.25, 0.3) is 0 Å². The lowest BCUT2D eigenvalue weighted by atomic mass is 9.79. The number of ketones is 1. The Morgan fingerprint density at radius 1 is 1.18 bits per heavy atom. The summed E-state index contributed by atoms with van der Waals surface area (Å²) in [5, 5.41) is 5.34. The maximum Gasteiger partial charge on any atom is 0.450 e. The number of rotatable bonds is 3. The fourth-order valence-corrected chi connectivity index (χ4v) is 3.22. The first kappa shape index (κ1) is 19.9. The normalized spacial score (nSPS) is 17.2. The summed E-state index contributed by atoms with van der Waals surface area (Å²) < 4.78 is 45.2. The van der Waals surface area contributed by atoms with Crippen molar-refractivity contribution in [3.63, 3.8) is 0 Å². The SMILES string of the molecule is CN(/N=C/c1c(C(F)(F)F)oc2ccccc2c1=O)C1=CC(=O)CC(C)(C)C1. The van der Waals surface area contributed by atoms with Gasteiger partial charge in [-0.3, -0.25) is 14.6 Å². The monoisotopic (exact) mass is 392 g/mol. The number of carbonyl (C=O) groups is 1. The van der Waals surface area contributed by atoms with Crippen molar-refractivity contribution < 1.29 is 22.4 Å². The molecule has 148 valence electrons. The van der Waals surface area contributed by atoms with E-state index in [0.717, 1.165) is 6.21 Å². The molecule has 0 amide bonds. The Kier molecular flexibility index (Phi) is 4.91. The van der Waals surface area contributed by atoms with Crippen LogP contribution in [0.3, 0.4) is 0 Å². The number of hydrogen-bond acceptors (Lipinski definition) is 5. The molecular formula is C20H19F3N2O3. The fraction of sp³-hybridized carbons (Fsp3) is 0.350. The molecule has 1 aromatic heterocycles. The van der Waals surface area contributed by atoms with Crippen molar-refractivity contribution in [3.05, 3.63) is 57.6 Å². The van der Waals surface area contributed by atoms with Crippen LogP contribution in [-0.2, 0) is 11.0 Å². The molecule has 0 unspecified atom stereocenters. The van der Waals surface area contributed by atoms with E-state index in [0.29, 0.717) is 18.5 Å². The first-order valence-corrected chi connectivity index (χ1v) is 8.62. The summed E-state index contributed by atoms with van der Waals surface area (Å²) in [7, 11) is 1.52. The molecular weight excluding hydrogens is 373 g/mol. The van der Waals surface area contributed by atoms with Crippen LogP contribution in [0, 0.1) is 5.41 Å². The van der Waals surface area contributed by atoms with Gasteiger partial charge < -0.3 is 4.42 Å². The van der Waals surface area contributed by atoms with E-state index in [1.807, 2.05) is 13.8 Å². The molecule has 0 aliphatic heterocycles. The van der Waals surface area contributed by atoms with E-state index in [1.165, 1.54) is 36.3 Å². The lowest BCUT2D eigenvalue weighted by Crippen LogP contribution is -2.27. The Hall–Kier alpha value is -2.90. The molecule has 1 aromatic carbocycles. The summed E-state index contributed by atoms with van der Waals surface area (Å²) >= 11 is 0. The lowest BCUT2D eigenvalue weighted by molar-refractivity contribution is -0.153. The fourth-order valence-electron chi connectivity index (χ4n) is 3.22. The van der Waals surface area contributed by atoms with E-state index in [2.05, 4.69) is 5.10 Å². The number of fused-ring (bicyclic) bond motifs is 1. The van der Waals surface area contributed by atoms with Gasteiger partial charge in [-0.05, 0) is 24.0 Å². The molecule has 0 saturated heterocycles. The summed E-state index contributed by atoms with van der Waals surface area (Å²) in [5.74, 6) is -1.48. The number of hydrogen-bond donors (Lipinski definition) is 0. The molecule has 0 N–H and O–H groups in total. The van der Waals surface area contributed by atoms with Gasteiger partial charge in [-0.25, -0.2) is 0 Å². The van der Waals surface area contributed by atoms with Gasteiger partial charge in [0.2, 0.25) is 11.2 Å². The van der Waals surface area contributed by atoms with Crippen LogP contribution < -0.4 is 5.43 Å². The van der Waals surface area contributed by atoms with E-state index in [9.17, 15) is 22.8 Å². The number of benzene rings is 1. The van der Waals surface area contributed by atoms with Gasteiger partial charge in [-0.1, -0.05) is 26.0 Å². The van der Waals surface area contributed by atoms with E-state index < -0.39 is 22.9 Å². The first-order valence-electron chi connectivity index (χ1n) is 8.62. The molecule has 0 spiro atoms. The Morgan fingerprint density at radius 2 is 1.86 bits per heavy atom. The van der Waals surface area contributed by atoms with Crippen LogP contribution in [0.15, 0.2) is 50.4 Å². The largest absolute Gasteiger partial charge is 0.451 e. The smallest absolute Gasteiger partial charge is 0.450 e. The van der Waals surface area contributed by atoms with Crippen molar-refractivity contribution in [1.82, 2.24) is 5.01 Å². The number of halogens is 3. The average Bonchev–Trinajstić information content (AvgIpc) is 2.58. The van der Waals surface area contributed by atoms with Crippen LogP contribution in [0.5, 0.6) is 0 Å². The summed E-state index contributed by atoms with van der Waals surface area (Å²) in [6.07, 6.45) is -1.67. The van der Waals surface area contributed by atoms with E-state index in [4.69, 9.17) is 4.42 Å². The van der Waals surface area contributed by atoms with Gasteiger partial charge in [0.05, 0.1) is 17.2 Å². The Labute approximate surface area is 159 Å². The Morgan fingerprint density at radius 3 is 2.50 bits per heavy atom. The van der Waals surface area contributed by atoms with E-state index >= 15 is 0 Å². The highest BCUT2D eigenvalue weighted by Crippen LogP contribution is 2.35. The van der Waals surface area contributed by atoms with Crippen molar-refractivity contribution >= 4 is 23.0 Å². The molecule has 5 nitrogen and oxygen atoms in total. The Bertz CT molecular complexity index is 1050. The molecule has 0 radical (unpaired) electrons. The third kappa shape index (κ3) is 4.00. The van der Waals surface area contributed by atoms with Gasteiger partial charge in [0.15, 0.2) is 5.78 Å². The minimum absolute atomic E-state index is 0.0350. The van der Waals surface area contributed by atoms with Crippen molar-refractivity contribution in [2.75, 3.05) is 7.05 Å². The summed E-state index contributed by atoms with van der Waals surface area (Å²) in [4.78, 5) is 24.5. The number of nitrogens with zero attached hydrogens (tertiary/aromatic N) is 2. The number of allylic oxidation sites excluding steroid dienone is 2. The second-order valence-electron chi connectivity index (χ2n) is 7.56. The number of hydrazone groups is 1. The Balaban J connectivity index is 2.05. The molecule has 28 heavy (non-hydrogen) atoms. The molecule has 2 aromatic rings.